The van der Waals surface area contributed by atoms with Gasteiger partial charge in [-0.1, -0.05) is 39.0 Å². The van der Waals surface area contributed by atoms with Crippen LogP contribution in [-0.4, -0.2) is 19.0 Å². The Morgan fingerprint density at radius 1 is 1.24 bits per heavy atom. The molecule has 3 heteroatoms. The minimum absolute atomic E-state index is 0.0824. The third-order valence-corrected chi connectivity index (χ3v) is 2.67. The first-order chi connectivity index (χ1) is 8.34. The number of ketones is 1. The summed E-state index contributed by atoms with van der Waals surface area (Å²) in [6, 6.07) is 3.37. The predicted molar refractivity (Wildman–Crippen MR) is 67.2 cm³/mol. The Kier molecular flexibility index (Phi) is 7.39. The Hall–Kier alpha value is -1.09. The van der Waals surface area contributed by atoms with Gasteiger partial charge in [0.15, 0.2) is 5.76 Å². The normalized spacial score (nSPS) is 10.6. The van der Waals surface area contributed by atoms with Gasteiger partial charge in [0.2, 0.25) is 5.78 Å². The molecule has 0 bridgehead atoms. The van der Waals surface area contributed by atoms with E-state index in [0.29, 0.717) is 12.4 Å². The number of carbonyl (C=O) groups excluding carboxylic acids is 1. The third-order valence-electron chi connectivity index (χ3n) is 2.67. The Balaban J connectivity index is 1.92. The Labute approximate surface area is 103 Å². The van der Waals surface area contributed by atoms with Crippen LogP contribution in [0, 0.1) is 0 Å². The highest BCUT2D eigenvalue weighted by atomic mass is 16.5. The van der Waals surface area contributed by atoms with E-state index in [4.69, 9.17) is 9.15 Å². The van der Waals surface area contributed by atoms with Gasteiger partial charge in [-0.05, 0) is 18.6 Å². The fraction of sp³-hybridized carbons (Fsp3) is 0.643. The van der Waals surface area contributed by atoms with Crippen molar-refractivity contribution in [2.75, 3.05) is 13.2 Å². The van der Waals surface area contributed by atoms with Gasteiger partial charge in [0, 0.05) is 6.61 Å². The maximum Gasteiger partial charge on any atom is 0.223 e. The molecule has 0 unspecified atom stereocenters. The average molecular weight is 238 g/mol. The molecule has 1 rings (SSSR count). The number of Topliss-reactive ketones (excluding diaryl/α,β-unsaturated/α-hetero) is 1. The largest absolute Gasteiger partial charge is 0.461 e. The van der Waals surface area contributed by atoms with Crippen LogP contribution in [0.25, 0.3) is 0 Å². The molecule has 0 aliphatic rings. The summed E-state index contributed by atoms with van der Waals surface area (Å²) in [7, 11) is 0. The SMILES string of the molecule is CCCCCCCCOCC(=O)c1ccco1. The van der Waals surface area contributed by atoms with E-state index in [-0.39, 0.29) is 12.4 Å². The quantitative estimate of drug-likeness (QED) is 0.459. The monoisotopic (exact) mass is 238 g/mol. The van der Waals surface area contributed by atoms with Crippen molar-refractivity contribution in [3.63, 3.8) is 0 Å². The van der Waals surface area contributed by atoms with E-state index in [2.05, 4.69) is 6.92 Å². The van der Waals surface area contributed by atoms with Crippen molar-refractivity contribution in [1.82, 2.24) is 0 Å². The highest BCUT2D eigenvalue weighted by Gasteiger charge is 2.07. The van der Waals surface area contributed by atoms with E-state index in [1.807, 2.05) is 0 Å². The molecule has 0 saturated carbocycles. The van der Waals surface area contributed by atoms with Gasteiger partial charge >= 0.3 is 0 Å². The van der Waals surface area contributed by atoms with Crippen molar-refractivity contribution in [3.8, 4) is 0 Å². The molecule has 0 radical (unpaired) electrons. The maximum atomic E-state index is 11.5. The minimum Gasteiger partial charge on any atom is -0.461 e. The molecule has 1 aromatic rings. The van der Waals surface area contributed by atoms with Crippen LogP contribution < -0.4 is 0 Å². The standard InChI is InChI=1S/C14H22O3/c1-2-3-4-5-6-7-10-16-12-13(15)14-9-8-11-17-14/h8-9,11H,2-7,10,12H2,1H3. The fourth-order valence-electron chi connectivity index (χ4n) is 1.66. The summed E-state index contributed by atoms with van der Waals surface area (Å²) in [6.07, 6.45) is 8.89. The molecule has 0 amide bonds. The van der Waals surface area contributed by atoms with Crippen molar-refractivity contribution >= 4 is 5.78 Å². The highest BCUT2D eigenvalue weighted by molar-refractivity contribution is 5.94. The molecule has 17 heavy (non-hydrogen) atoms. The first-order valence-corrected chi connectivity index (χ1v) is 6.49. The lowest BCUT2D eigenvalue weighted by Crippen LogP contribution is -2.08. The molecule has 0 aromatic carbocycles. The van der Waals surface area contributed by atoms with Gasteiger partial charge in [-0.2, -0.15) is 0 Å². The number of hydrogen-bond acceptors (Lipinski definition) is 3. The number of unbranched alkanes of at least 4 members (excludes halogenated alkanes) is 5. The van der Waals surface area contributed by atoms with E-state index in [1.54, 1.807) is 12.1 Å². The van der Waals surface area contributed by atoms with E-state index < -0.39 is 0 Å². The zero-order valence-electron chi connectivity index (χ0n) is 10.6. The smallest absolute Gasteiger partial charge is 0.223 e. The zero-order valence-corrected chi connectivity index (χ0v) is 10.6. The predicted octanol–water partition coefficient (Wildman–Crippen LogP) is 3.84. The lowest BCUT2D eigenvalue weighted by Gasteiger charge is -2.02. The minimum atomic E-state index is -0.0824. The van der Waals surface area contributed by atoms with Gasteiger partial charge < -0.3 is 9.15 Å². The molecule has 1 aromatic heterocycles. The van der Waals surface area contributed by atoms with Crippen LogP contribution in [0.2, 0.25) is 0 Å². The molecular formula is C14H22O3. The lowest BCUT2D eigenvalue weighted by atomic mass is 10.1. The molecule has 0 saturated heterocycles. The summed E-state index contributed by atoms with van der Waals surface area (Å²) >= 11 is 0. The summed E-state index contributed by atoms with van der Waals surface area (Å²) in [5.41, 5.74) is 0. The van der Waals surface area contributed by atoms with Gasteiger partial charge in [0.25, 0.3) is 0 Å². The topological polar surface area (TPSA) is 39.4 Å². The summed E-state index contributed by atoms with van der Waals surface area (Å²) in [5.74, 6) is 0.300. The van der Waals surface area contributed by atoms with Crippen molar-refractivity contribution in [2.45, 2.75) is 45.4 Å². The molecule has 0 aliphatic heterocycles. The van der Waals surface area contributed by atoms with Crippen molar-refractivity contribution in [1.29, 1.82) is 0 Å². The van der Waals surface area contributed by atoms with Crippen molar-refractivity contribution in [2.24, 2.45) is 0 Å². The molecular weight excluding hydrogens is 216 g/mol. The third kappa shape index (κ3) is 6.27. The molecule has 0 spiro atoms. The van der Waals surface area contributed by atoms with Gasteiger partial charge in [-0.15, -0.1) is 0 Å². The molecule has 0 fully saturated rings. The van der Waals surface area contributed by atoms with Gasteiger partial charge in [0.1, 0.15) is 6.61 Å². The summed E-state index contributed by atoms with van der Waals surface area (Å²) in [6.45, 7) is 3.00. The molecule has 3 nitrogen and oxygen atoms in total. The van der Waals surface area contributed by atoms with E-state index in [9.17, 15) is 4.79 Å². The molecule has 0 N–H and O–H groups in total. The van der Waals surface area contributed by atoms with Crippen LogP contribution in [0.5, 0.6) is 0 Å². The molecule has 0 aliphatic carbocycles. The van der Waals surface area contributed by atoms with E-state index >= 15 is 0 Å². The second-order valence-corrected chi connectivity index (χ2v) is 4.22. The maximum absolute atomic E-state index is 11.5. The zero-order chi connectivity index (χ0) is 12.3. The lowest BCUT2D eigenvalue weighted by molar-refractivity contribution is 0.0725. The number of carbonyl (C=O) groups is 1. The summed E-state index contributed by atoms with van der Waals surface area (Å²) in [5, 5.41) is 0. The van der Waals surface area contributed by atoms with Crippen molar-refractivity contribution < 1.29 is 13.9 Å². The Morgan fingerprint density at radius 3 is 2.71 bits per heavy atom. The first-order valence-electron chi connectivity index (χ1n) is 6.49. The van der Waals surface area contributed by atoms with E-state index in [1.165, 1.54) is 38.4 Å². The molecule has 96 valence electrons. The Morgan fingerprint density at radius 2 is 2.00 bits per heavy atom. The number of hydrogen-bond donors (Lipinski definition) is 0. The number of ether oxygens (including phenoxy) is 1. The first kappa shape index (κ1) is 14.0. The van der Waals surface area contributed by atoms with Crippen LogP contribution in [0.15, 0.2) is 22.8 Å². The average Bonchev–Trinajstić information content (AvgIpc) is 2.86. The fourth-order valence-corrected chi connectivity index (χ4v) is 1.66. The summed E-state index contributed by atoms with van der Waals surface area (Å²) < 4.78 is 10.3. The Bertz CT molecular complexity index is 290. The number of rotatable bonds is 10. The molecule has 0 atom stereocenters. The van der Waals surface area contributed by atoms with Crippen LogP contribution in [0.4, 0.5) is 0 Å². The van der Waals surface area contributed by atoms with Gasteiger partial charge in [-0.25, -0.2) is 0 Å². The van der Waals surface area contributed by atoms with Crippen LogP contribution in [0.1, 0.15) is 56.0 Å². The second kappa shape index (κ2) is 8.99. The van der Waals surface area contributed by atoms with Gasteiger partial charge in [-0.3, -0.25) is 4.79 Å². The van der Waals surface area contributed by atoms with Crippen LogP contribution in [0.3, 0.4) is 0 Å². The molecule has 1 heterocycles. The van der Waals surface area contributed by atoms with Crippen LogP contribution in [-0.2, 0) is 4.74 Å². The van der Waals surface area contributed by atoms with Crippen molar-refractivity contribution in [3.05, 3.63) is 24.2 Å². The second-order valence-electron chi connectivity index (χ2n) is 4.22. The van der Waals surface area contributed by atoms with Gasteiger partial charge in [0.05, 0.1) is 6.26 Å². The highest BCUT2D eigenvalue weighted by Crippen LogP contribution is 2.05. The van der Waals surface area contributed by atoms with Crippen LogP contribution >= 0.6 is 0 Å². The number of furan rings is 1. The van der Waals surface area contributed by atoms with E-state index in [0.717, 1.165) is 6.42 Å². The summed E-state index contributed by atoms with van der Waals surface area (Å²) in [4.78, 5) is 11.5.